The number of hydrogen-bond acceptors (Lipinski definition) is 8. The monoisotopic (exact) mass is 528 g/mol. The lowest BCUT2D eigenvalue weighted by Crippen LogP contribution is -2.53. The number of amides is 2. The van der Waals surface area contributed by atoms with Gasteiger partial charge in [-0.25, -0.2) is 8.42 Å². The molecule has 1 aromatic carbocycles. The summed E-state index contributed by atoms with van der Waals surface area (Å²) < 4.78 is 38.2. The number of benzene rings is 1. The van der Waals surface area contributed by atoms with Crippen LogP contribution >= 0.6 is 0 Å². The molecule has 2 amide bonds. The molecular weight excluding hydrogens is 500 g/mol. The first-order valence-electron chi connectivity index (χ1n) is 12.1. The van der Waals surface area contributed by atoms with Crippen LogP contribution in [0.4, 0.5) is 0 Å². The molecule has 4 heterocycles. The normalized spacial score (nSPS) is 21.8. The summed E-state index contributed by atoms with van der Waals surface area (Å²) in [5.74, 6) is -0.121. The third-order valence-electron chi connectivity index (χ3n) is 6.85. The van der Waals surface area contributed by atoms with Gasteiger partial charge in [-0.2, -0.15) is 4.31 Å². The van der Waals surface area contributed by atoms with Gasteiger partial charge >= 0.3 is 0 Å². The highest BCUT2D eigenvalue weighted by atomic mass is 32.2. The van der Waals surface area contributed by atoms with Crippen molar-refractivity contribution >= 4 is 27.6 Å². The van der Waals surface area contributed by atoms with Crippen LogP contribution in [0.1, 0.15) is 37.0 Å². The van der Waals surface area contributed by atoms with Crippen LogP contribution in [0.2, 0.25) is 0 Å². The first-order valence-corrected chi connectivity index (χ1v) is 13.6. The molecule has 1 aromatic heterocycles. The van der Waals surface area contributed by atoms with Gasteiger partial charge in [0, 0.05) is 24.5 Å². The number of hydrogen-bond donors (Lipinski definition) is 1. The van der Waals surface area contributed by atoms with E-state index in [1.54, 1.807) is 18.2 Å². The Morgan fingerprint density at radius 2 is 1.97 bits per heavy atom. The minimum Gasteiger partial charge on any atom is -0.454 e. The van der Waals surface area contributed by atoms with E-state index in [-0.39, 0.29) is 36.5 Å². The van der Waals surface area contributed by atoms with Crippen molar-refractivity contribution in [1.82, 2.24) is 19.5 Å². The molecule has 3 aliphatic heterocycles. The Balaban J connectivity index is 1.35. The summed E-state index contributed by atoms with van der Waals surface area (Å²) in [6, 6.07) is 5.30. The summed E-state index contributed by atoms with van der Waals surface area (Å²) in [5.41, 5.74) is 0.316. The van der Waals surface area contributed by atoms with Gasteiger partial charge in [0.2, 0.25) is 22.7 Å². The fourth-order valence-electron chi connectivity index (χ4n) is 5.15. The Morgan fingerprint density at radius 3 is 2.70 bits per heavy atom. The van der Waals surface area contributed by atoms with E-state index in [0.717, 1.165) is 0 Å². The van der Waals surface area contributed by atoms with Crippen LogP contribution in [0.25, 0.3) is 0 Å². The summed E-state index contributed by atoms with van der Waals surface area (Å²) in [4.78, 5) is 45.1. The van der Waals surface area contributed by atoms with Gasteiger partial charge in [0.15, 0.2) is 17.3 Å². The van der Waals surface area contributed by atoms with Gasteiger partial charge in [-0.3, -0.25) is 19.4 Å². The zero-order valence-corrected chi connectivity index (χ0v) is 21.3. The zero-order valence-electron chi connectivity index (χ0n) is 20.5. The van der Waals surface area contributed by atoms with Crippen molar-refractivity contribution in [2.24, 2.45) is 5.92 Å². The zero-order chi connectivity index (χ0) is 26.3. The van der Waals surface area contributed by atoms with E-state index in [1.165, 1.54) is 33.7 Å². The predicted octanol–water partition coefficient (Wildman–Crippen LogP) is 1.20. The van der Waals surface area contributed by atoms with Gasteiger partial charge in [-0.05, 0) is 49.1 Å². The van der Waals surface area contributed by atoms with Gasteiger partial charge < -0.3 is 19.7 Å². The lowest BCUT2D eigenvalue weighted by atomic mass is 10.0. The van der Waals surface area contributed by atoms with Gasteiger partial charge in [0.25, 0.3) is 5.91 Å². The molecule has 196 valence electrons. The van der Waals surface area contributed by atoms with Gasteiger partial charge in [0.1, 0.15) is 17.0 Å². The van der Waals surface area contributed by atoms with E-state index >= 15 is 0 Å². The Bertz CT molecular complexity index is 1330. The minimum absolute atomic E-state index is 0.00176. The number of Topliss-reactive ketones (excluding diaryl/α,β-unsaturated/α-hetero) is 1. The number of sulfonamides is 1. The number of rotatable bonds is 7. The maximum atomic E-state index is 13.7. The largest absolute Gasteiger partial charge is 0.454 e. The molecule has 0 bridgehead atoms. The number of aromatic nitrogens is 1. The van der Waals surface area contributed by atoms with Crippen LogP contribution < -0.4 is 14.8 Å². The molecule has 12 heteroatoms. The molecule has 3 aliphatic rings. The molecule has 3 unspecified atom stereocenters. The van der Waals surface area contributed by atoms with Crippen LogP contribution in [0.5, 0.6) is 11.5 Å². The van der Waals surface area contributed by atoms with E-state index in [0.29, 0.717) is 29.9 Å². The number of fused-ring (bicyclic) bond motifs is 2. The van der Waals surface area contributed by atoms with Crippen molar-refractivity contribution in [3.05, 3.63) is 48.3 Å². The molecular formula is C25H28N4O7S. The fourth-order valence-corrected chi connectivity index (χ4v) is 6.74. The van der Waals surface area contributed by atoms with Crippen molar-refractivity contribution in [2.45, 2.75) is 49.7 Å². The van der Waals surface area contributed by atoms with Crippen LogP contribution in [0, 0.1) is 5.92 Å². The number of ether oxygens (including phenoxy) is 2. The Morgan fingerprint density at radius 1 is 1.19 bits per heavy atom. The van der Waals surface area contributed by atoms with Crippen molar-refractivity contribution in [1.29, 1.82) is 0 Å². The quantitative estimate of drug-likeness (QED) is 0.566. The minimum atomic E-state index is -3.95. The molecule has 37 heavy (non-hydrogen) atoms. The average molecular weight is 529 g/mol. The van der Waals surface area contributed by atoms with E-state index in [4.69, 9.17) is 9.47 Å². The standard InChI is InChI=1S/C25H28N4O7S/c1-15(2)10-18(27-24(31)16-5-6-21-22(11-16)36-14-35-21)25(32)28-9-7-19-23(28)20(30)13-29(19)37(33,34)17-4-3-8-26-12-17/h3-6,8,11-12,15,18-19,23H,7,9-10,13-14H2,1-2H3,(H,27,31). The lowest BCUT2D eigenvalue weighted by Gasteiger charge is -2.29. The predicted molar refractivity (Wildman–Crippen MR) is 130 cm³/mol. The number of carbonyl (C=O) groups excluding carboxylic acids is 3. The van der Waals surface area contributed by atoms with Gasteiger partial charge in [0.05, 0.1) is 12.6 Å². The van der Waals surface area contributed by atoms with Gasteiger partial charge in [-0.1, -0.05) is 13.8 Å². The third kappa shape index (κ3) is 4.66. The summed E-state index contributed by atoms with van der Waals surface area (Å²) >= 11 is 0. The first-order chi connectivity index (χ1) is 17.7. The molecule has 2 aromatic rings. The first kappa shape index (κ1) is 25.2. The molecule has 1 N–H and O–H groups in total. The number of likely N-dealkylation sites (tertiary alicyclic amines) is 1. The molecule has 0 radical (unpaired) electrons. The van der Waals surface area contributed by atoms with Crippen molar-refractivity contribution in [3.63, 3.8) is 0 Å². The SMILES string of the molecule is CC(C)CC(NC(=O)c1ccc2c(c1)OCO2)C(=O)N1CCC2C1C(=O)CN2S(=O)(=O)c1cccnc1. The second-order valence-corrected chi connectivity index (χ2v) is 11.7. The summed E-state index contributed by atoms with van der Waals surface area (Å²) in [6.07, 6.45) is 3.40. The molecule has 0 spiro atoms. The summed E-state index contributed by atoms with van der Waals surface area (Å²) in [7, 11) is -3.95. The molecule has 5 rings (SSSR count). The third-order valence-corrected chi connectivity index (χ3v) is 8.70. The number of pyridine rings is 1. The molecule has 0 saturated carbocycles. The smallest absolute Gasteiger partial charge is 0.252 e. The molecule has 11 nitrogen and oxygen atoms in total. The van der Waals surface area contributed by atoms with Gasteiger partial charge in [-0.15, -0.1) is 0 Å². The second kappa shape index (κ2) is 9.75. The highest BCUT2D eigenvalue weighted by Crippen LogP contribution is 2.35. The van der Waals surface area contributed by atoms with E-state index < -0.39 is 40.0 Å². The Labute approximate surface area is 214 Å². The number of carbonyl (C=O) groups is 3. The van der Waals surface area contributed by atoms with E-state index in [1.807, 2.05) is 13.8 Å². The van der Waals surface area contributed by atoms with Crippen molar-refractivity contribution in [2.75, 3.05) is 19.9 Å². The molecule has 2 saturated heterocycles. The number of ketones is 1. The maximum absolute atomic E-state index is 13.7. The van der Waals surface area contributed by atoms with Crippen LogP contribution in [0.15, 0.2) is 47.6 Å². The van der Waals surface area contributed by atoms with Crippen molar-refractivity contribution in [3.8, 4) is 11.5 Å². The molecule has 2 fully saturated rings. The van der Waals surface area contributed by atoms with Crippen LogP contribution in [-0.2, 0) is 19.6 Å². The summed E-state index contributed by atoms with van der Waals surface area (Å²) in [5, 5.41) is 2.82. The Hall–Kier alpha value is -3.51. The Kier molecular flexibility index (Phi) is 6.63. The maximum Gasteiger partial charge on any atom is 0.252 e. The lowest BCUT2D eigenvalue weighted by molar-refractivity contribution is -0.138. The highest BCUT2D eigenvalue weighted by Gasteiger charge is 2.54. The van der Waals surface area contributed by atoms with E-state index in [2.05, 4.69) is 10.3 Å². The summed E-state index contributed by atoms with van der Waals surface area (Å²) in [6.45, 7) is 3.85. The van der Waals surface area contributed by atoms with E-state index in [9.17, 15) is 22.8 Å². The number of nitrogens with one attached hydrogen (secondary N) is 1. The fraction of sp³-hybridized carbons (Fsp3) is 0.440. The van der Waals surface area contributed by atoms with Crippen LogP contribution in [-0.4, -0.2) is 78.2 Å². The molecule has 0 aliphatic carbocycles. The average Bonchev–Trinajstić information content (AvgIpc) is 3.60. The molecule has 3 atom stereocenters. The van der Waals surface area contributed by atoms with Crippen molar-refractivity contribution < 1.29 is 32.3 Å². The second-order valence-electron chi connectivity index (χ2n) is 9.76. The van der Waals surface area contributed by atoms with Crippen LogP contribution in [0.3, 0.4) is 0 Å². The topological polar surface area (TPSA) is 135 Å². The number of nitrogens with zero attached hydrogens (tertiary/aromatic N) is 3. The highest BCUT2D eigenvalue weighted by molar-refractivity contribution is 7.89.